The van der Waals surface area contributed by atoms with Crippen LogP contribution in [0.3, 0.4) is 0 Å². The molecule has 3 unspecified atom stereocenters. The van der Waals surface area contributed by atoms with Crippen LogP contribution in [-0.4, -0.2) is 57.1 Å². The van der Waals surface area contributed by atoms with Gasteiger partial charge in [0.25, 0.3) is 0 Å². The average molecular weight is 481 g/mol. The molecular weight excluding hydrogens is 452 g/mol. The Morgan fingerprint density at radius 1 is 0.857 bits per heavy atom. The number of nitrogens with two attached hydrogens (primary N) is 1. The SMILES string of the molecule is NC(Cc1c[nH]c2ccccc12)C(=O)NC(Cc1ccccc1)C(=O)NC(CCC(=O)O)C(=O)O. The molecule has 184 valence electrons. The number of aliphatic carboxylic acids is 2. The van der Waals surface area contributed by atoms with Crippen LogP contribution in [0.2, 0.25) is 0 Å². The minimum absolute atomic E-state index is 0.101. The van der Waals surface area contributed by atoms with Crippen LogP contribution in [0, 0.1) is 0 Å². The molecule has 0 radical (unpaired) electrons. The predicted molar refractivity (Wildman–Crippen MR) is 128 cm³/mol. The van der Waals surface area contributed by atoms with Gasteiger partial charge in [-0.2, -0.15) is 0 Å². The zero-order valence-corrected chi connectivity index (χ0v) is 18.9. The highest BCUT2D eigenvalue weighted by Gasteiger charge is 2.28. The maximum Gasteiger partial charge on any atom is 0.326 e. The minimum atomic E-state index is -1.41. The first-order valence-corrected chi connectivity index (χ1v) is 11.1. The zero-order chi connectivity index (χ0) is 25.4. The number of carbonyl (C=O) groups is 4. The molecule has 1 aromatic heterocycles. The van der Waals surface area contributed by atoms with Crippen molar-refractivity contribution in [1.82, 2.24) is 15.6 Å². The number of rotatable bonds is 12. The van der Waals surface area contributed by atoms with Crippen LogP contribution >= 0.6 is 0 Å². The molecule has 0 saturated heterocycles. The van der Waals surface area contributed by atoms with Crippen LogP contribution in [0.25, 0.3) is 10.9 Å². The first kappa shape index (κ1) is 25.4. The van der Waals surface area contributed by atoms with Gasteiger partial charge in [-0.25, -0.2) is 4.79 Å². The fourth-order valence-corrected chi connectivity index (χ4v) is 3.77. The smallest absolute Gasteiger partial charge is 0.326 e. The number of aromatic nitrogens is 1. The Morgan fingerprint density at radius 2 is 1.51 bits per heavy atom. The number of fused-ring (bicyclic) bond motifs is 1. The molecule has 0 bridgehead atoms. The van der Waals surface area contributed by atoms with Crippen molar-refractivity contribution in [3.8, 4) is 0 Å². The molecule has 0 saturated carbocycles. The van der Waals surface area contributed by atoms with Gasteiger partial charge in [0.2, 0.25) is 11.8 Å². The lowest BCUT2D eigenvalue weighted by Gasteiger charge is -2.23. The van der Waals surface area contributed by atoms with E-state index in [9.17, 15) is 24.3 Å². The quantitative estimate of drug-likeness (QED) is 0.226. The van der Waals surface area contributed by atoms with Gasteiger partial charge in [0.05, 0.1) is 6.04 Å². The molecule has 2 aromatic carbocycles. The van der Waals surface area contributed by atoms with E-state index >= 15 is 0 Å². The van der Waals surface area contributed by atoms with E-state index in [4.69, 9.17) is 10.8 Å². The van der Waals surface area contributed by atoms with E-state index in [1.165, 1.54) is 0 Å². The third-order valence-electron chi connectivity index (χ3n) is 5.63. The largest absolute Gasteiger partial charge is 0.481 e. The topological polar surface area (TPSA) is 175 Å². The van der Waals surface area contributed by atoms with Gasteiger partial charge in [-0.05, 0) is 30.0 Å². The molecule has 0 aliphatic rings. The fourth-order valence-electron chi connectivity index (χ4n) is 3.77. The lowest BCUT2D eigenvalue weighted by Crippen LogP contribution is -2.55. The summed E-state index contributed by atoms with van der Waals surface area (Å²) in [7, 11) is 0. The molecule has 10 heteroatoms. The standard InChI is InChI=1S/C25H28N4O6/c26-18(13-16-14-27-19-9-5-4-8-17(16)19)23(32)29-21(12-15-6-2-1-3-7-15)24(33)28-20(25(34)35)10-11-22(30)31/h1-9,14,18,20-21,27H,10-13,26H2,(H,28,33)(H,29,32)(H,30,31)(H,34,35). The molecule has 1 heterocycles. The summed E-state index contributed by atoms with van der Waals surface area (Å²) < 4.78 is 0. The van der Waals surface area contributed by atoms with Gasteiger partial charge >= 0.3 is 11.9 Å². The molecule has 0 aliphatic heterocycles. The molecule has 2 amide bonds. The van der Waals surface area contributed by atoms with Crippen LogP contribution in [0.1, 0.15) is 24.0 Å². The Kier molecular flexibility index (Phi) is 8.58. The second-order valence-corrected chi connectivity index (χ2v) is 8.25. The summed E-state index contributed by atoms with van der Waals surface area (Å²) in [6.45, 7) is 0. The van der Waals surface area contributed by atoms with Gasteiger partial charge < -0.3 is 31.6 Å². The summed E-state index contributed by atoms with van der Waals surface area (Å²) in [4.78, 5) is 51.4. The number of para-hydroxylation sites is 1. The Balaban J connectivity index is 1.72. The van der Waals surface area contributed by atoms with Gasteiger partial charge in [0.1, 0.15) is 12.1 Å². The van der Waals surface area contributed by atoms with Crippen LogP contribution in [-0.2, 0) is 32.0 Å². The van der Waals surface area contributed by atoms with E-state index in [1.807, 2.05) is 24.3 Å². The summed E-state index contributed by atoms with van der Waals surface area (Å²) in [6, 6.07) is 13.0. The van der Waals surface area contributed by atoms with Gasteiger partial charge in [0, 0.05) is 29.9 Å². The molecule has 10 nitrogen and oxygen atoms in total. The van der Waals surface area contributed by atoms with Crippen molar-refractivity contribution in [1.29, 1.82) is 0 Å². The van der Waals surface area contributed by atoms with E-state index in [2.05, 4.69) is 15.6 Å². The number of H-pyrrole nitrogens is 1. The second kappa shape index (κ2) is 11.8. The average Bonchev–Trinajstić information content (AvgIpc) is 3.24. The summed E-state index contributed by atoms with van der Waals surface area (Å²) in [5, 5.41) is 24.2. The minimum Gasteiger partial charge on any atom is -0.481 e. The van der Waals surface area contributed by atoms with Crippen LogP contribution in [0.15, 0.2) is 60.8 Å². The maximum atomic E-state index is 13.0. The number of aromatic amines is 1. The van der Waals surface area contributed by atoms with Crippen molar-refractivity contribution in [3.05, 3.63) is 71.9 Å². The predicted octanol–water partition coefficient (Wildman–Crippen LogP) is 1.20. The fraction of sp³-hybridized carbons (Fsp3) is 0.280. The number of carboxylic acid groups (broad SMARTS) is 2. The lowest BCUT2D eigenvalue weighted by molar-refractivity contribution is -0.143. The van der Waals surface area contributed by atoms with Crippen molar-refractivity contribution in [2.45, 2.75) is 43.8 Å². The number of amides is 2. The van der Waals surface area contributed by atoms with E-state index < -0.39 is 48.3 Å². The third kappa shape index (κ3) is 7.15. The first-order valence-electron chi connectivity index (χ1n) is 11.1. The van der Waals surface area contributed by atoms with Crippen LogP contribution < -0.4 is 16.4 Å². The van der Waals surface area contributed by atoms with E-state index in [1.54, 1.807) is 36.5 Å². The monoisotopic (exact) mass is 480 g/mol. The van der Waals surface area contributed by atoms with E-state index in [-0.39, 0.29) is 19.3 Å². The molecule has 0 spiro atoms. The number of hydrogen-bond acceptors (Lipinski definition) is 5. The number of hydrogen-bond donors (Lipinski definition) is 6. The van der Waals surface area contributed by atoms with Gasteiger partial charge in [-0.3, -0.25) is 14.4 Å². The number of carbonyl (C=O) groups excluding carboxylic acids is 2. The molecule has 0 fully saturated rings. The summed E-state index contributed by atoms with van der Waals surface area (Å²) >= 11 is 0. The van der Waals surface area contributed by atoms with E-state index in [0.717, 1.165) is 22.0 Å². The van der Waals surface area contributed by atoms with Crippen LogP contribution in [0.4, 0.5) is 0 Å². The molecule has 0 aliphatic carbocycles. The third-order valence-corrected chi connectivity index (χ3v) is 5.63. The molecule has 3 rings (SSSR count). The summed E-state index contributed by atoms with van der Waals surface area (Å²) in [6.07, 6.45) is 1.40. The zero-order valence-electron chi connectivity index (χ0n) is 18.9. The van der Waals surface area contributed by atoms with Crippen molar-refractivity contribution in [2.75, 3.05) is 0 Å². The van der Waals surface area contributed by atoms with E-state index in [0.29, 0.717) is 0 Å². The van der Waals surface area contributed by atoms with Gasteiger partial charge in [-0.15, -0.1) is 0 Å². The van der Waals surface area contributed by atoms with Crippen molar-refractivity contribution >= 4 is 34.7 Å². The molecule has 7 N–H and O–H groups in total. The molecule has 35 heavy (non-hydrogen) atoms. The second-order valence-electron chi connectivity index (χ2n) is 8.25. The molecule has 3 aromatic rings. The number of carboxylic acids is 2. The first-order chi connectivity index (χ1) is 16.7. The Bertz CT molecular complexity index is 1190. The summed E-state index contributed by atoms with van der Waals surface area (Å²) in [5.41, 5.74) is 8.67. The Hall–Kier alpha value is -4.18. The number of benzene rings is 2. The Morgan fingerprint density at radius 3 is 2.20 bits per heavy atom. The van der Waals surface area contributed by atoms with Gasteiger partial charge in [0.15, 0.2) is 0 Å². The van der Waals surface area contributed by atoms with Crippen molar-refractivity contribution < 1.29 is 29.4 Å². The molecular formula is C25H28N4O6. The highest BCUT2D eigenvalue weighted by molar-refractivity contribution is 5.92. The normalized spacial score (nSPS) is 13.5. The van der Waals surface area contributed by atoms with Crippen LogP contribution in [0.5, 0.6) is 0 Å². The van der Waals surface area contributed by atoms with Crippen molar-refractivity contribution in [2.24, 2.45) is 5.73 Å². The maximum absolute atomic E-state index is 13.0. The molecule has 3 atom stereocenters. The number of nitrogens with one attached hydrogen (secondary N) is 3. The lowest BCUT2D eigenvalue weighted by atomic mass is 10.0. The van der Waals surface area contributed by atoms with Gasteiger partial charge in [-0.1, -0.05) is 48.5 Å². The highest BCUT2D eigenvalue weighted by atomic mass is 16.4. The highest BCUT2D eigenvalue weighted by Crippen LogP contribution is 2.19. The van der Waals surface area contributed by atoms with Crippen molar-refractivity contribution in [3.63, 3.8) is 0 Å². The Labute approximate surface area is 201 Å². The summed E-state index contributed by atoms with van der Waals surface area (Å²) in [5.74, 6) is -3.84.